The minimum absolute atomic E-state index is 0.168. The molecular formula is C17H22ClFN2O2. The van der Waals surface area contributed by atoms with E-state index in [1.165, 1.54) is 0 Å². The molecule has 126 valence electrons. The number of phenolic OH excluding ortho intramolecular Hbond substituents is 1. The quantitative estimate of drug-likeness (QED) is 0.885. The van der Waals surface area contributed by atoms with Crippen molar-refractivity contribution in [1.82, 2.24) is 10.2 Å². The standard InChI is InChI=1S/C17H22ClFN2O2/c18-13-7-12(16(22)15(19)8-13)9-20-14-5-6-21(10-14)17(23)11-3-1-2-4-11/h7-8,11,14,20,22H,1-6,9-10H2. The molecule has 1 aliphatic carbocycles. The van der Waals surface area contributed by atoms with Gasteiger partial charge in [0, 0.05) is 42.2 Å². The third-order valence-electron chi connectivity index (χ3n) is 4.89. The summed E-state index contributed by atoms with van der Waals surface area (Å²) in [4.78, 5) is 14.3. The fourth-order valence-electron chi connectivity index (χ4n) is 3.57. The molecule has 0 bridgehead atoms. The van der Waals surface area contributed by atoms with E-state index in [-0.39, 0.29) is 28.6 Å². The second kappa shape index (κ2) is 7.05. The molecule has 1 aromatic carbocycles. The summed E-state index contributed by atoms with van der Waals surface area (Å²) in [6, 6.07) is 2.82. The van der Waals surface area contributed by atoms with Gasteiger partial charge in [0.15, 0.2) is 11.6 Å². The van der Waals surface area contributed by atoms with Gasteiger partial charge in [0.25, 0.3) is 0 Å². The largest absolute Gasteiger partial charge is 0.505 e. The summed E-state index contributed by atoms with van der Waals surface area (Å²) in [6.45, 7) is 1.78. The molecule has 0 spiro atoms. The van der Waals surface area contributed by atoms with Crippen LogP contribution in [-0.4, -0.2) is 35.0 Å². The van der Waals surface area contributed by atoms with E-state index in [9.17, 15) is 14.3 Å². The van der Waals surface area contributed by atoms with Crippen molar-refractivity contribution in [1.29, 1.82) is 0 Å². The molecule has 0 radical (unpaired) electrons. The smallest absolute Gasteiger partial charge is 0.225 e. The first kappa shape index (κ1) is 16.5. The van der Waals surface area contributed by atoms with Crippen LogP contribution in [0.3, 0.4) is 0 Å². The van der Waals surface area contributed by atoms with Gasteiger partial charge in [-0.3, -0.25) is 4.79 Å². The lowest BCUT2D eigenvalue weighted by Crippen LogP contribution is -2.37. The van der Waals surface area contributed by atoms with Gasteiger partial charge < -0.3 is 15.3 Å². The van der Waals surface area contributed by atoms with Crippen molar-refractivity contribution in [3.8, 4) is 5.75 Å². The Bertz CT molecular complexity index is 590. The monoisotopic (exact) mass is 340 g/mol. The van der Waals surface area contributed by atoms with Crippen molar-refractivity contribution < 1.29 is 14.3 Å². The number of likely N-dealkylation sites (tertiary alicyclic amines) is 1. The fourth-order valence-corrected chi connectivity index (χ4v) is 3.79. The maximum atomic E-state index is 13.5. The summed E-state index contributed by atoms with van der Waals surface area (Å²) in [6.07, 6.45) is 5.23. The maximum absolute atomic E-state index is 13.5. The summed E-state index contributed by atoms with van der Waals surface area (Å²) in [5.74, 6) is -0.583. The molecule has 0 aromatic heterocycles. The zero-order valence-corrected chi connectivity index (χ0v) is 13.8. The molecule has 4 nitrogen and oxygen atoms in total. The third kappa shape index (κ3) is 3.78. The van der Waals surface area contributed by atoms with Gasteiger partial charge in [-0.15, -0.1) is 0 Å². The van der Waals surface area contributed by atoms with E-state index < -0.39 is 5.82 Å². The Morgan fingerprint density at radius 3 is 2.83 bits per heavy atom. The Balaban J connectivity index is 1.53. The molecule has 1 atom stereocenters. The second-order valence-electron chi connectivity index (χ2n) is 6.53. The van der Waals surface area contributed by atoms with Crippen LogP contribution in [0.4, 0.5) is 4.39 Å². The molecule has 6 heteroatoms. The minimum atomic E-state index is -0.709. The van der Waals surface area contributed by atoms with Crippen molar-refractivity contribution in [3.63, 3.8) is 0 Å². The Morgan fingerprint density at radius 2 is 2.09 bits per heavy atom. The molecule has 1 saturated carbocycles. The van der Waals surface area contributed by atoms with E-state index in [2.05, 4.69) is 5.32 Å². The van der Waals surface area contributed by atoms with Crippen LogP contribution in [0.1, 0.15) is 37.7 Å². The van der Waals surface area contributed by atoms with E-state index in [1.807, 2.05) is 4.90 Å². The summed E-state index contributed by atoms with van der Waals surface area (Å²) >= 11 is 5.82. The number of nitrogens with one attached hydrogen (secondary N) is 1. The van der Waals surface area contributed by atoms with Crippen LogP contribution >= 0.6 is 11.6 Å². The number of phenols is 1. The Hall–Kier alpha value is -1.33. The van der Waals surface area contributed by atoms with Gasteiger partial charge in [0.2, 0.25) is 5.91 Å². The van der Waals surface area contributed by atoms with Gasteiger partial charge in [-0.25, -0.2) is 4.39 Å². The molecular weight excluding hydrogens is 319 g/mol. The van der Waals surface area contributed by atoms with E-state index in [0.29, 0.717) is 18.7 Å². The first-order chi connectivity index (χ1) is 11.0. The van der Waals surface area contributed by atoms with Crippen LogP contribution in [0, 0.1) is 11.7 Å². The molecule has 1 amide bonds. The average Bonchev–Trinajstić information content (AvgIpc) is 3.20. The van der Waals surface area contributed by atoms with E-state index in [0.717, 1.165) is 44.7 Å². The summed E-state index contributed by atoms with van der Waals surface area (Å²) in [5, 5.41) is 13.3. The molecule has 2 fully saturated rings. The summed E-state index contributed by atoms with van der Waals surface area (Å²) in [7, 11) is 0. The SMILES string of the molecule is O=C(C1CCCC1)N1CCC(NCc2cc(Cl)cc(F)c2O)C1. The Morgan fingerprint density at radius 1 is 1.35 bits per heavy atom. The van der Waals surface area contributed by atoms with Gasteiger partial charge >= 0.3 is 0 Å². The number of carbonyl (C=O) groups is 1. The van der Waals surface area contributed by atoms with Crippen molar-refractivity contribution in [2.45, 2.75) is 44.7 Å². The highest BCUT2D eigenvalue weighted by Gasteiger charge is 2.32. The van der Waals surface area contributed by atoms with E-state index in [4.69, 9.17) is 11.6 Å². The number of hydrogen-bond acceptors (Lipinski definition) is 3. The van der Waals surface area contributed by atoms with Crippen LogP contribution in [0.25, 0.3) is 0 Å². The number of aromatic hydroxyl groups is 1. The zero-order valence-electron chi connectivity index (χ0n) is 13.0. The highest BCUT2D eigenvalue weighted by Crippen LogP contribution is 2.28. The number of nitrogens with zero attached hydrogens (tertiary/aromatic N) is 1. The van der Waals surface area contributed by atoms with Crippen LogP contribution in [0.15, 0.2) is 12.1 Å². The predicted molar refractivity (Wildman–Crippen MR) is 86.9 cm³/mol. The predicted octanol–water partition coefficient (Wildman–Crippen LogP) is 3.07. The molecule has 1 saturated heterocycles. The molecule has 2 aliphatic rings. The molecule has 1 unspecified atom stereocenters. The first-order valence-electron chi connectivity index (χ1n) is 8.23. The second-order valence-corrected chi connectivity index (χ2v) is 6.96. The molecule has 23 heavy (non-hydrogen) atoms. The van der Waals surface area contributed by atoms with E-state index >= 15 is 0 Å². The highest BCUT2D eigenvalue weighted by atomic mass is 35.5. The number of hydrogen-bond donors (Lipinski definition) is 2. The minimum Gasteiger partial charge on any atom is -0.505 e. The van der Waals surface area contributed by atoms with Gasteiger partial charge in [0.05, 0.1) is 0 Å². The third-order valence-corrected chi connectivity index (χ3v) is 5.11. The average molecular weight is 341 g/mol. The van der Waals surface area contributed by atoms with Gasteiger partial charge in [-0.1, -0.05) is 24.4 Å². The number of benzene rings is 1. The Labute approximate surface area is 140 Å². The topological polar surface area (TPSA) is 52.6 Å². The number of rotatable bonds is 4. The summed E-state index contributed by atoms with van der Waals surface area (Å²) in [5.41, 5.74) is 0.440. The number of carbonyl (C=O) groups excluding carboxylic acids is 1. The van der Waals surface area contributed by atoms with Crippen molar-refractivity contribution in [2.24, 2.45) is 5.92 Å². The fraction of sp³-hybridized carbons (Fsp3) is 0.588. The molecule has 1 aromatic rings. The van der Waals surface area contributed by atoms with Crippen molar-refractivity contribution >= 4 is 17.5 Å². The number of amides is 1. The highest BCUT2D eigenvalue weighted by molar-refractivity contribution is 6.30. The molecule has 1 heterocycles. The van der Waals surface area contributed by atoms with Crippen LogP contribution in [-0.2, 0) is 11.3 Å². The lowest BCUT2D eigenvalue weighted by Gasteiger charge is -2.21. The van der Waals surface area contributed by atoms with Gasteiger partial charge in [0.1, 0.15) is 0 Å². The lowest BCUT2D eigenvalue weighted by atomic mass is 10.1. The summed E-state index contributed by atoms with van der Waals surface area (Å²) < 4.78 is 13.5. The maximum Gasteiger partial charge on any atom is 0.225 e. The van der Waals surface area contributed by atoms with Crippen LogP contribution in [0.5, 0.6) is 5.75 Å². The van der Waals surface area contributed by atoms with Crippen molar-refractivity contribution in [3.05, 3.63) is 28.5 Å². The molecule has 1 aliphatic heterocycles. The first-order valence-corrected chi connectivity index (χ1v) is 8.61. The molecule has 3 rings (SSSR count). The molecule has 2 N–H and O–H groups in total. The van der Waals surface area contributed by atoms with Gasteiger partial charge in [-0.2, -0.15) is 0 Å². The number of halogens is 2. The normalized spacial score (nSPS) is 22.0. The Kier molecular flexibility index (Phi) is 5.07. The van der Waals surface area contributed by atoms with Crippen LogP contribution < -0.4 is 5.32 Å². The van der Waals surface area contributed by atoms with Crippen molar-refractivity contribution in [2.75, 3.05) is 13.1 Å². The zero-order chi connectivity index (χ0) is 16.4. The lowest BCUT2D eigenvalue weighted by molar-refractivity contribution is -0.134. The van der Waals surface area contributed by atoms with E-state index in [1.54, 1.807) is 6.07 Å². The van der Waals surface area contributed by atoms with Crippen LogP contribution in [0.2, 0.25) is 5.02 Å². The van der Waals surface area contributed by atoms with Gasteiger partial charge in [-0.05, 0) is 31.4 Å².